The molecule has 0 aromatic heterocycles. The summed E-state index contributed by atoms with van der Waals surface area (Å²) < 4.78 is 0. The summed E-state index contributed by atoms with van der Waals surface area (Å²) in [6.07, 6.45) is 2.41. The van der Waals surface area contributed by atoms with Gasteiger partial charge in [-0.3, -0.25) is 14.5 Å². The fourth-order valence-corrected chi connectivity index (χ4v) is 4.38. The van der Waals surface area contributed by atoms with Crippen molar-refractivity contribution in [1.29, 1.82) is 0 Å². The smallest absolute Gasteiger partial charge is 0.252 e. The molecule has 0 saturated carbocycles. The minimum atomic E-state index is -0.532. The molecule has 1 aromatic carbocycles. The van der Waals surface area contributed by atoms with Crippen LogP contribution in [0.15, 0.2) is 18.2 Å². The normalized spacial score (nSPS) is 20.4. The highest BCUT2D eigenvalue weighted by Crippen LogP contribution is 2.19. The van der Waals surface area contributed by atoms with Crippen molar-refractivity contribution in [2.45, 2.75) is 45.7 Å². The van der Waals surface area contributed by atoms with Crippen molar-refractivity contribution < 1.29 is 9.59 Å². The third-order valence-electron chi connectivity index (χ3n) is 6.59. The summed E-state index contributed by atoms with van der Waals surface area (Å²) in [7, 11) is 2.18. The topological polar surface area (TPSA) is 81.9 Å². The molecule has 0 unspecified atom stereocenters. The third-order valence-corrected chi connectivity index (χ3v) is 6.59. The Kier molecular flexibility index (Phi) is 7.36. The van der Waals surface area contributed by atoms with E-state index in [0.717, 1.165) is 44.8 Å². The average Bonchev–Trinajstić information content (AvgIpc) is 2.74. The van der Waals surface area contributed by atoms with Gasteiger partial charge in [-0.25, -0.2) is 0 Å². The van der Waals surface area contributed by atoms with Crippen LogP contribution in [-0.4, -0.2) is 84.9 Å². The molecule has 2 saturated heterocycles. The van der Waals surface area contributed by atoms with E-state index in [9.17, 15) is 9.59 Å². The number of nitrogen functional groups attached to an aromatic ring is 1. The van der Waals surface area contributed by atoms with Gasteiger partial charge in [0.15, 0.2) is 0 Å². The van der Waals surface area contributed by atoms with Gasteiger partial charge in [-0.15, -0.1) is 0 Å². The summed E-state index contributed by atoms with van der Waals surface area (Å²) in [5.41, 5.74) is 7.95. The Labute approximate surface area is 180 Å². The molecule has 2 aliphatic rings. The molecule has 2 heterocycles. The number of piperidine rings is 1. The number of piperazine rings is 1. The number of hydrogen-bond donors (Lipinski definition) is 2. The number of carbonyl (C=O) groups excluding carboxylic acids is 2. The highest BCUT2D eigenvalue weighted by Gasteiger charge is 2.33. The Morgan fingerprint density at radius 2 is 1.70 bits per heavy atom. The van der Waals surface area contributed by atoms with Gasteiger partial charge in [0.1, 0.15) is 6.04 Å². The van der Waals surface area contributed by atoms with Crippen LogP contribution in [0.2, 0.25) is 0 Å². The molecular formula is C23H37N5O2. The molecule has 166 valence electrons. The first-order chi connectivity index (χ1) is 14.3. The SMILES string of the molecule is Cc1ccc(C(=O)N[C@@H](C(=O)N2CCN(C3CCN(C)CC3)CC2)C(C)C)cc1N. The molecule has 7 nitrogen and oxygen atoms in total. The molecule has 2 fully saturated rings. The number of benzene rings is 1. The maximum Gasteiger partial charge on any atom is 0.252 e. The van der Waals surface area contributed by atoms with Crippen LogP contribution in [0.1, 0.15) is 42.6 Å². The van der Waals surface area contributed by atoms with E-state index in [4.69, 9.17) is 5.73 Å². The Balaban J connectivity index is 1.57. The zero-order valence-electron chi connectivity index (χ0n) is 18.9. The minimum absolute atomic E-state index is 0.0103. The van der Waals surface area contributed by atoms with Gasteiger partial charge in [-0.2, -0.15) is 0 Å². The number of amides is 2. The Bertz CT molecular complexity index is 750. The quantitative estimate of drug-likeness (QED) is 0.714. The molecule has 0 aliphatic carbocycles. The van der Waals surface area contributed by atoms with Crippen LogP contribution in [0.3, 0.4) is 0 Å². The van der Waals surface area contributed by atoms with Crippen LogP contribution in [0.25, 0.3) is 0 Å². The fraction of sp³-hybridized carbons (Fsp3) is 0.652. The molecule has 1 aromatic rings. The van der Waals surface area contributed by atoms with Crippen LogP contribution in [0.4, 0.5) is 5.69 Å². The number of nitrogens with zero attached hydrogens (tertiary/aromatic N) is 3. The van der Waals surface area contributed by atoms with E-state index in [1.807, 2.05) is 31.7 Å². The number of rotatable bonds is 5. The third kappa shape index (κ3) is 5.32. The molecule has 3 rings (SSSR count). The van der Waals surface area contributed by atoms with E-state index in [1.165, 1.54) is 12.8 Å². The van der Waals surface area contributed by atoms with Gasteiger partial charge in [-0.05, 0) is 63.5 Å². The van der Waals surface area contributed by atoms with Crippen molar-refractivity contribution in [2.75, 3.05) is 52.0 Å². The number of carbonyl (C=O) groups is 2. The van der Waals surface area contributed by atoms with Gasteiger partial charge in [0.2, 0.25) is 5.91 Å². The Morgan fingerprint density at radius 3 is 2.27 bits per heavy atom. The largest absolute Gasteiger partial charge is 0.398 e. The van der Waals surface area contributed by atoms with Gasteiger partial charge in [0.25, 0.3) is 5.91 Å². The minimum Gasteiger partial charge on any atom is -0.398 e. The van der Waals surface area contributed by atoms with Crippen LogP contribution in [0.5, 0.6) is 0 Å². The first kappa shape index (κ1) is 22.6. The Hall–Kier alpha value is -2.12. The predicted molar refractivity (Wildman–Crippen MR) is 120 cm³/mol. The van der Waals surface area contributed by atoms with Gasteiger partial charge in [0, 0.05) is 43.5 Å². The molecule has 30 heavy (non-hydrogen) atoms. The van der Waals surface area contributed by atoms with Crippen molar-refractivity contribution in [3.8, 4) is 0 Å². The van der Waals surface area contributed by atoms with Gasteiger partial charge < -0.3 is 20.9 Å². The monoisotopic (exact) mass is 415 g/mol. The molecule has 2 amide bonds. The summed E-state index contributed by atoms with van der Waals surface area (Å²) in [6, 6.07) is 5.36. The standard InChI is InChI=1S/C23H37N5O2/c1-16(2)21(25-22(29)18-6-5-17(3)20(24)15-18)23(30)28-13-11-27(12-14-28)19-7-9-26(4)10-8-19/h5-6,15-16,19,21H,7-14,24H2,1-4H3,(H,25,29)/t21-/m1/s1. The molecule has 0 spiro atoms. The van der Waals surface area contributed by atoms with E-state index in [-0.39, 0.29) is 17.7 Å². The summed E-state index contributed by atoms with van der Waals surface area (Å²) >= 11 is 0. The summed E-state index contributed by atoms with van der Waals surface area (Å²) in [5.74, 6) is -0.226. The van der Waals surface area contributed by atoms with Crippen molar-refractivity contribution in [3.05, 3.63) is 29.3 Å². The van der Waals surface area contributed by atoms with Gasteiger partial charge in [0.05, 0.1) is 0 Å². The van der Waals surface area contributed by atoms with Crippen LogP contribution >= 0.6 is 0 Å². The number of hydrogen-bond acceptors (Lipinski definition) is 5. The van der Waals surface area contributed by atoms with E-state index >= 15 is 0 Å². The maximum absolute atomic E-state index is 13.2. The fourth-order valence-electron chi connectivity index (χ4n) is 4.38. The number of anilines is 1. The number of nitrogens with two attached hydrogens (primary N) is 1. The summed E-state index contributed by atoms with van der Waals surface area (Å²) in [4.78, 5) is 32.8. The summed E-state index contributed by atoms with van der Waals surface area (Å²) in [6.45, 7) is 11.4. The molecule has 0 bridgehead atoms. The number of aryl methyl sites for hydroxylation is 1. The maximum atomic E-state index is 13.2. The average molecular weight is 416 g/mol. The summed E-state index contributed by atoms with van der Waals surface area (Å²) in [5, 5.41) is 2.95. The van der Waals surface area contributed by atoms with E-state index < -0.39 is 6.04 Å². The molecule has 1 atom stereocenters. The second kappa shape index (κ2) is 9.79. The second-order valence-electron chi connectivity index (χ2n) is 9.16. The lowest BCUT2D eigenvalue weighted by molar-refractivity contribution is -0.136. The highest BCUT2D eigenvalue weighted by molar-refractivity contribution is 5.98. The van der Waals surface area contributed by atoms with Gasteiger partial charge >= 0.3 is 0 Å². The zero-order chi connectivity index (χ0) is 21.8. The lowest BCUT2D eigenvalue weighted by Gasteiger charge is -2.43. The van der Waals surface area contributed by atoms with E-state index in [0.29, 0.717) is 17.3 Å². The number of likely N-dealkylation sites (tertiary alicyclic amines) is 1. The second-order valence-corrected chi connectivity index (χ2v) is 9.16. The first-order valence-electron chi connectivity index (χ1n) is 11.1. The molecule has 3 N–H and O–H groups in total. The van der Waals surface area contributed by atoms with E-state index in [2.05, 4.69) is 22.2 Å². The molecule has 2 aliphatic heterocycles. The van der Waals surface area contributed by atoms with Crippen molar-refractivity contribution in [3.63, 3.8) is 0 Å². The van der Waals surface area contributed by atoms with Crippen molar-refractivity contribution >= 4 is 17.5 Å². The van der Waals surface area contributed by atoms with E-state index in [1.54, 1.807) is 12.1 Å². The number of nitrogens with one attached hydrogen (secondary N) is 1. The van der Waals surface area contributed by atoms with Crippen LogP contribution in [-0.2, 0) is 4.79 Å². The molecule has 0 radical (unpaired) electrons. The van der Waals surface area contributed by atoms with Crippen molar-refractivity contribution in [2.24, 2.45) is 5.92 Å². The zero-order valence-corrected chi connectivity index (χ0v) is 18.9. The lowest BCUT2D eigenvalue weighted by Crippen LogP contribution is -2.58. The molecule has 7 heteroatoms. The first-order valence-corrected chi connectivity index (χ1v) is 11.1. The lowest BCUT2D eigenvalue weighted by atomic mass is 10.00. The predicted octanol–water partition coefficient (Wildman–Crippen LogP) is 1.57. The highest BCUT2D eigenvalue weighted by atomic mass is 16.2. The van der Waals surface area contributed by atoms with Gasteiger partial charge in [-0.1, -0.05) is 19.9 Å². The van der Waals surface area contributed by atoms with Crippen molar-refractivity contribution in [1.82, 2.24) is 20.0 Å². The van der Waals surface area contributed by atoms with Crippen LogP contribution < -0.4 is 11.1 Å². The molecular weight excluding hydrogens is 378 g/mol. The Morgan fingerprint density at radius 1 is 1.07 bits per heavy atom. The van der Waals surface area contributed by atoms with Crippen LogP contribution in [0, 0.1) is 12.8 Å².